The Kier molecular flexibility index (Phi) is 6.53. The van der Waals surface area contributed by atoms with Crippen LogP contribution in [-0.2, 0) is 11.8 Å². The van der Waals surface area contributed by atoms with Crippen LogP contribution in [0.3, 0.4) is 0 Å². The molecule has 10 aromatic rings. The van der Waals surface area contributed by atoms with E-state index in [4.69, 9.17) is 9.97 Å². The number of imidazole rings is 1. The summed E-state index contributed by atoms with van der Waals surface area (Å²) in [5, 5.41) is 3.58. The highest BCUT2D eigenvalue weighted by Gasteiger charge is 2.51. The number of benzene rings is 8. The predicted molar refractivity (Wildman–Crippen MR) is 230 cm³/mol. The first kappa shape index (κ1) is 31.3. The Morgan fingerprint density at radius 3 is 1.62 bits per heavy atom. The second kappa shape index (κ2) is 11.7. The van der Waals surface area contributed by atoms with Crippen LogP contribution in [0, 0.1) is 0 Å². The van der Waals surface area contributed by atoms with Crippen LogP contribution in [0.15, 0.2) is 182 Å². The summed E-state index contributed by atoms with van der Waals surface area (Å²) in [5.41, 5.74) is 19.0. The third kappa shape index (κ3) is 4.17. The Hall–Kier alpha value is -7.10. The van der Waals surface area contributed by atoms with E-state index in [9.17, 15) is 0 Å². The molecule has 0 saturated carbocycles. The zero-order valence-electron chi connectivity index (χ0n) is 30.9. The number of hydrogen-bond donors (Lipinski definition) is 0. The van der Waals surface area contributed by atoms with Crippen molar-refractivity contribution in [2.75, 3.05) is 0 Å². The molecule has 2 aromatic heterocycles. The molecular weight excluding hydrogens is 679 g/mol. The SMILES string of the molecule is CCc1nc2ccccc2n1-c1ccc(-c2ccc(-c3nc4ccccc4c4cc5c(cc34)-c3ccccc3C53c4ccccc4-c4ccccc43)cc2)cc1. The standard InChI is InChI=1S/C53H35N3/c1-2-51-54-49-21-11-12-22-50(49)56(51)36-29-27-34(28-30-36)33-23-25-35(26-24-33)52-43-31-42-39-15-5-9-19-46(39)53(47(42)32-41(43)40-16-6-10-20-48(40)55-52)44-17-7-3-13-37(44)38-14-4-8-18-45(38)53/h3-32H,2H2,1H3. The normalized spacial score (nSPS) is 13.3. The summed E-state index contributed by atoms with van der Waals surface area (Å²) < 4.78 is 2.28. The molecule has 0 fully saturated rings. The van der Waals surface area contributed by atoms with Gasteiger partial charge in [-0.05, 0) is 103 Å². The van der Waals surface area contributed by atoms with Gasteiger partial charge in [-0.1, -0.05) is 146 Å². The van der Waals surface area contributed by atoms with E-state index in [1.165, 1.54) is 71.8 Å². The maximum absolute atomic E-state index is 5.39. The molecule has 0 N–H and O–H groups in total. The van der Waals surface area contributed by atoms with Crippen molar-refractivity contribution < 1.29 is 0 Å². The lowest BCUT2D eigenvalue weighted by atomic mass is 9.70. The topological polar surface area (TPSA) is 30.7 Å². The van der Waals surface area contributed by atoms with Gasteiger partial charge in [-0.25, -0.2) is 9.97 Å². The molecule has 3 heteroatoms. The van der Waals surface area contributed by atoms with Crippen molar-refractivity contribution in [3.05, 3.63) is 210 Å². The zero-order valence-corrected chi connectivity index (χ0v) is 30.9. The van der Waals surface area contributed by atoms with E-state index in [1.807, 2.05) is 0 Å². The Balaban J connectivity index is 1.02. The van der Waals surface area contributed by atoms with E-state index in [-0.39, 0.29) is 0 Å². The van der Waals surface area contributed by atoms with Crippen molar-refractivity contribution in [1.29, 1.82) is 0 Å². The van der Waals surface area contributed by atoms with E-state index in [0.29, 0.717) is 0 Å². The van der Waals surface area contributed by atoms with Gasteiger partial charge in [-0.2, -0.15) is 0 Å². The predicted octanol–water partition coefficient (Wildman–Crippen LogP) is 13.0. The second-order valence-electron chi connectivity index (χ2n) is 15.1. The fraction of sp³-hybridized carbons (Fsp3) is 0.0566. The minimum atomic E-state index is -0.391. The monoisotopic (exact) mass is 713 g/mol. The van der Waals surface area contributed by atoms with Crippen LogP contribution in [0.5, 0.6) is 0 Å². The zero-order chi connectivity index (χ0) is 37.0. The Labute approximate surface area is 325 Å². The lowest BCUT2D eigenvalue weighted by Gasteiger charge is -2.30. The van der Waals surface area contributed by atoms with Crippen molar-refractivity contribution in [3.63, 3.8) is 0 Å². The molecule has 2 aliphatic rings. The van der Waals surface area contributed by atoms with Crippen LogP contribution in [0.25, 0.3) is 83.0 Å². The molecule has 0 atom stereocenters. The molecule has 0 aliphatic heterocycles. The molecule has 262 valence electrons. The lowest BCUT2D eigenvalue weighted by Crippen LogP contribution is -2.25. The van der Waals surface area contributed by atoms with Crippen LogP contribution < -0.4 is 0 Å². The number of fused-ring (bicyclic) bond motifs is 14. The van der Waals surface area contributed by atoms with E-state index in [2.05, 4.69) is 193 Å². The summed E-state index contributed by atoms with van der Waals surface area (Å²) in [6.45, 7) is 2.16. The van der Waals surface area contributed by atoms with E-state index < -0.39 is 5.41 Å². The summed E-state index contributed by atoms with van der Waals surface area (Å²) in [6, 6.07) is 66.8. The maximum Gasteiger partial charge on any atom is 0.114 e. The fourth-order valence-electron chi connectivity index (χ4n) is 9.98. The van der Waals surface area contributed by atoms with Crippen LogP contribution >= 0.6 is 0 Å². The molecule has 2 aliphatic carbocycles. The Bertz CT molecular complexity index is 3180. The van der Waals surface area contributed by atoms with Crippen LogP contribution in [0.4, 0.5) is 0 Å². The van der Waals surface area contributed by atoms with Crippen LogP contribution in [-0.4, -0.2) is 14.5 Å². The number of para-hydroxylation sites is 3. The van der Waals surface area contributed by atoms with E-state index in [1.54, 1.807) is 0 Å². The van der Waals surface area contributed by atoms with Crippen molar-refractivity contribution in [2.24, 2.45) is 0 Å². The van der Waals surface area contributed by atoms with Gasteiger partial charge in [-0.3, -0.25) is 4.57 Å². The first-order valence-corrected chi connectivity index (χ1v) is 19.6. The second-order valence-corrected chi connectivity index (χ2v) is 15.1. The molecule has 2 heterocycles. The van der Waals surface area contributed by atoms with Gasteiger partial charge < -0.3 is 0 Å². The lowest BCUT2D eigenvalue weighted by molar-refractivity contribution is 0.795. The number of rotatable bonds is 4. The third-order valence-corrected chi connectivity index (χ3v) is 12.4. The number of hydrogen-bond acceptors (Lipinski definition) is 2. The quantitative estimate of drug-likeness (QED) is 0.170. The molecule has 0 bridgehead atoms. The minimum absolute atomic E-state index is 0.391. The van der Waals surface area contributed by atoms with Crippen molar-refractivity contribution in [1.82, 2.24) is 14.5 Å². The summed E-state index contributed by atoms with van der Waals surface area (Å²) in [6.07, 6.45) is 0.869. The highest BCUT2D eigenvalue weighted by molar-refractivity contribution is 6.14. The molecule has 56 heavy (non-hydrogen) atoms. The summed E-state index contributed by atoms with van der Waals surface area (Å²) in [7, 11) is 0. The van der Waals surface area contributed by atoms with E-state index >= 15 is 0 Å². The van der Waals surface area contributed by atoms with Gasteiger partial charge >= 0.3 is 0 Å². The number of aryl methyl sites for hydroxylation is 1. The van der Waals surface area contributed by atoms with Gasteiger partial charge in [0.15, 0.2) is 0 Å². The van der Waals surface area contributed by atoms with Crippen molar-refractivity contribution in [2.45, 2.75) is 18.8 Å². The molecule has 0 unspecified atom stereocenters. The van der Waals surface area contributed by atoms with Crippen LogP contribution in [0.1, 0.15) is 35.0 Å². The summed E-state index contributed by atoms with van der Waals surface area (Å²) in [5.74, 6) is 1.07. The van der Waals surface area contributed by atoms with E-state index in [0.717, 1.165) is 45.7 Å². The largest absolute Gasteiger partial charge is 0.296 e. The van der Waals surface area contributed by atoms with Gasteiger partial charge in [0.25, 0.3) is 0 Å². The number of aromatic nitrogens is 3. The van der Waals surface area contributed by atoms with Gasteiger partial charge in [0.05, 0.1) is 27.7 Å². The van der Waals surface area contributed by atoms with Crippen molar-refractivity contribution in [3.8, 4) is 50.3 Å². The van der Waals surface area contributed by atoms with Gasteiger partial charge in [0.1, 0.15) is 5.82 Å². The average molecular weight is 714 g/mol. The molecule has 0 saturated heterocycles. The molecule has 3 nitrogen and oxygen atoms in total. The minimum Gasteiger partial charge on any atom is -0.296 e. The Morgan fingerprint density at radius 1 is 0.429 bits per heavy atom. The van der Waals surface area contributed by atoms with Gasteiger partial charge in [0.2, 0.25) is 0 Å². The van der Waals surface area contributed by atoms with Gasteiger partial charge in [-0.15, -0.1) is 0 Å². The third-order valence-electron chi connectivity index (χ3n) is 12.4. The summed E-state index contributed by atoms with van der Waals surface area (Å²) in [4.78, 5) is 10.3. The average Bonchev–Trinajstić information content (AvgIpc) is 3.90. The van der Waals surface area contributed by atoms with Crippen molar-refractivity contribution >= 4 is 32.7 Å². The molecule has 0 radical (unpaired) electrons. The molecule has 12 rings (SSSR count). The van der Waals surface area contributed by atoms with Crippen LogP contribution in [0.2, 0.25) is 0 Å². The highest BCUT2D eigenvalue weighted by atomic mass is 15.1. The smallest absolute Gasteiger partial charge is 0.114 e. The molecule has 8 aromatic carbocycles. The fourth-order valence-corrected chi connectivity index (χ4v) is 9.98. The number of nitrogens with zero attached hydrogens (tertiary/aromatic N) is 3. The highest BCUT2D eigenvalue weighted by Crippen LogP contribution is 2.63. The number of pyridine rings is 1. The molecule has 0 amide bonds. The molecule has 1 spiro atoms. The van der Waals surface area contributed by atoms with Gasteiger partial charge in [0, 0.05) is 28.4 Å². The summed E-state index contributed by atoms with van der Waals surface area (Å²) >= 11 is 0. The molecular formula is C53H35N3. The first-order valence-electron chi connectivity index (χ1n) is 19.6. The first-order chi connectivity index (χ1) is 27.7. The maximum atomic E-state index is 5.39. The Morgan fingerprint density at radius 2 is 0.964 bits per heavy atom.